The number of fused-ring (bicyclic) bond motifs is 1. The van der Waals surface area contributed by atoms with Crippen LogP contribution in [-0.4, -0.2) is 48.8 Å². The van der Waals surface area contributed by atoms with Crippen molar-refractivity contribution in [2.75, 3.05) is 37.9 Å². The molecule has 1 aromatic carbocycles. The van der Waals surface area contributed by atoms with Gasteiger partial charge in [-0.15, -0.1) is 11.3 Å². The first kappa shape index (κ1) is 16.2. The number of hydrogen-bond acceptors (Lipinski definition) is 6. The monoisotopic (exact) mass is 377 g/mol. The van der Waals surface area contributed by atoms with Gasteiger partial charge in [0, 0.05) is 43.8 Å². The highest BCUT2D eigenvalue weighted by atomic mass is 35.5. The molecule has 0 bridgehead atoms. The standard InChI is InChI=1S/C17H16ClN3O3S/c18-13-9-12(10-14-16(13)24-11-23-14)1-2-15(22)20-4-6-21(7-5-20)17-19-3-8-25-17/h1-3,8-10H,4-7,11H2. The Morgan fingerprint density at radius 3 is 2.84 bits per heavy atom. The number of rotatable bonds is 3. The van der Waals surface area contributed by atoms with Crippen molar-refractivity contribution < 1.29 is 14.3 Å². The molecule has 4 rings (SSSR count). The van der Waals surface area contributed by atoms with Gasteiger partial charge in [-0.2, -0.15) is 0 Å². The van der Waals surface area contributed by atoms with E-state index in [-0.39, 0.29) is 12.7 Å². The van der Waals surface area contributed by atoms with Crippen LogP contribution in [0, 0.1) is 0 Å². The maximum atomic E-state index is 12.4. The third-order valence-corrected chi connectivity index (χ3v) is 5.26. The number of nitrogens with zero attached hydrogens (tertiary/aromatic N) is 3. The molecule has 0 unspecified atom stereocenters. The van der Waals surface area contributed by atoms with Gasteiger partial charge in [-0.3, -0.25) is 4.79 Å². The van der Waals surface area contributed by atoms with Gasteiger partial charge in [-0.1, -0.05) is 11.6 Å². The second kappa shape index (κ2) is 6.93. The summed E-state index contributed by atoms with van der Waals surface area (Å²) in [5.41, 5.74) is 0.809. The Hall–Kier alpha value is -2.25. The van der Waals surface area contributed by atoms with Gasteiger partial charge in [-0.05, 0) is 23.8 Å². The molecule has 0 aliphatic carbocycles. The summed E-state index contributed by atoms with van der Waals surface area (Å²) in [5.74, 6) is 1.16. The normalized spacial score (nSPS) is 16.7. The van der Waals surface area contributed by atoms with Crippen molar-refractivity contribution in [1.82, 2.24) is 9.88 Å². The van der Waals surface area contributed by atoms with E-state index in [2.05, 4.69) is 9.88 Å². The van der Waals surface area contributed by atoms with Gasteiger partial charge in [0.2, 0.25) is 12.7 Å². The lowest BCUT2D eigenvalue weighted by molar-refractivity contribution is -0.126. The van der Waals surface area contributed by atoms with Crippen molar-refractivity contribution >= 4 is 40.1 Å². The molecule has 1 saturated heterocycles. The summed E-state index contributed by atoms with van der Waals surface area (Å²) in [7, 11) is 0. The number of amides is 1. The highest BCUT2D eigenvalue weighted by Crippen LogP contribution is 2.40. The molecule has 3 heterocycles. The summed E-state index contributed by atoms with van der Waals surface area (Å²) in [4.78, 5) is 20.8. The van der Waals surface area contributed by atoms with Gasteiger partial charge in [0.1, 0.15) is 0 Å². The topological polar surface area (TPSA) is 54.9 Å². The summed E-state index contributed by atoms with van der Waals surface area (Å²) in [6, 6.07) is 3.58. The van der Waals surface area contributed by atoms with Crippen molar-refractivity contribution in [3.8, 4) is 11.5 Å². The van der Waals surface area contributed by atoms with Gasteiger partial charge < -0.3 is 19.3 Å². The molecule has 0 spiro atoms. The Bertz CT molecular complexity index is 802. The molecule has 1 fully saturated rings. The molecule has 2 aliphatic heterocycles. The Kier molecular flexibility index (Phi) is 4.50. The Balaban J connectivity index is 1.38. The number of aromatic nitrogens is 1. The molecule has 2 aliphatic rings. The predicted molar refractivity (Wildman–Crippen MR) is 97.5 cm³/mol. The van der Waals surface area contributed by atoms with E-state index in [1.54, 1.807) is 35.8 Å². The lowest BCUT2D eigenvalue weighted by atomic mass is 10.2. The molecule has 130 valence electrons. The van der Waals surface area contributed by atoms with E-state index < -0.39 is 0 Å². The lowest BCUT2D eigenvalue weighted by Gasteiger charge is -2.34. The molecular weight excluding hydrogens is 362 g/mol. The molecule has 1 amide bonds. The number of halogens is 1. The van der Waals surface area contributed by atoms with Crippen LogP contribution in [0.5, 0.6) is 11.5 Å². The Morgan fingerprint density at radius 1 is 1.24 bits per heavy atom. The molecule has 0 atom stereocenters. The largest absolute Gasteiger partial charge is 0.454 e. The van der Waals surface area contributed by atoms with Crippen LogP contribution in [0.4, 0.5) is 5.13 Å². The molecule has 25 heavy (non-hydrogen) atoms. The average molecular weight is 378 g/mol. The average Bonchev–Trinajstić information content (AvgIpc) is 3.31. The van der Waals surface area contributed by atoms with Crippen LogP contribution in [0.25, 0.3) is 6.08 Å². The van der Waals surface area contributed by atoms with Gasteiger partial charge in [-0.25, -0.2) is 4.98 Å². The maximum absolute atomic E-state index is 12.4. The first-order valence-corrected chi connectivity index (χ1v) is 9.17. The van der Waals surface area contributed by atoms with E-state index in [4.69, 9.17) is 21.1 Å². The molecule has 8 heteroatoms. The minimum Gasteiger partial charge on any atom is -0.454 e. The van der Waals surface area contributed by atoms with Crippen LogP contribution in [-0.2, 0) is 4.79 Å². The zero-order chi connectivity index (χ0) is 17.2. The molecule has 2 aromatic rings. The smallest absolute Gasteiger partial charge is 0.246 e. The molecule has 0 saturated carbocycles. The molecule has 6 nitrogen and oxygen atoms in total. The van der Waals surface area contributed by atoms with Gasteiger partial charge in [0.15, 0.2) is 16.6 Å². The predicted octanol–water partition coefficient (Wildman–Crippen LogP) is 2.89. The minimum absolute atomic E-state index is 0.00687. The van der Waals surface area contributed by atoms with Crippen LogP contribution < -0.4 is 14.4 Å². The molecular formula is C17H16ClN3O3S. The van der Waals surface area contributed by atoms with Crippen LogP contribution in [0.2, 0.25) is 5.02 Å². The van der Waals surface area contributed by atoms with Crippen LogP contribution in [0.1, 0.15) is 5.56 Å². The lowest BCUT2D eigenvalue weighted by Crippen LogP contribution is -2.48. The zero-order valence-electron chi connectivity index (χ0n) is 13.4. The van der Waals surface area contributed by atoms with Gasteiger partial charge >= 0.3 is 0 Å². The number of hydrogen-bond donors (Lipinski definition) is 0. The first-order valence-electron chi connectivity index (χ1n) is 7.91. The third kappa shape index (κ3) is 3.43. The number of piperazine rings is 1. The quantitative estimate of drug-likeness (QED) is 0.770. The van der Waals surface area contributed by atoms with E-state index in [1.165, 1.54) is 0 Å². The van der Waals surface area contributed by atoms with Crippen molar-refractivity contribution in [2.45, 2.75) is 0 Å². The minimum atomic E-state index is -0.00687. The summed E-state index contributed by atoms with van der Waals surface area (Å²) >= 11 is 7.78. The summed E-state index contributed by atoms with van der Waals surface area (Å²) in [6.07, 6.45) is 5.13. The highest BCUT2D eigenvalue weighted by molar-refractivity contribution is 7.13. The Morgan fingerprint density at radius 2 is 2.08 bits per heavy atom. The van der Waals surface area contributed by atoms with Crippen LogP contribution in [0.3, 0.4) is 0 Å². The second-order valence-electron chi connectivity index (χ2n) is 5.70. The van der Waals surface area contributed by atoms with E-state index in [1.807, 2.05) is 16.3 Å². The van der Waals surface area contributed by atoms with Gasteiger partial charge in [0.25, 0.3) is 0 Å². The van der Waals surface area contributed by atoms with Crippen LogP contribution >= 0.6 is 22.9 Å². The first-order chi connectivity index (χ1) is 12.2. The number of carbonyl (C=O) groups excluding carboxylic acids is 1. The molecule has 0 N–H and O–H groups in total. The Labute approximate surface area is 154 Å². The summed E-state index contributed by atoms with van der Waals surface area (Å²) in [5, 5.41) is 3.46. The molecule has 0 radical (unpaired) electrons. The van der Waals surface area contributed by atoms with Crippen molar-refractivity contribution in [3.05, 3.63) is 40.4 Å². The third-order valence-electron chi connectivity index (χ3n) is 4.15. The molecule has 1 aromatic heterocycles. The number of benzene rings is 1. The summed E-state index contributed by atoms with van der Waals surface area (Å²) < 4.78 is 10.6. The summed E-state index contributed by atoms with van der Waals surface area (Å²) in [6.45, 7) is 3.13. The van der Waals surface area contributed by atoms with Crippen molar-refractivity contribution in [2.24, 2.45) is 0 Å². The second-order valence-corrected chi connectivity index (χ2v) is 6.98. The SMILES string of the molecule is O=C(C=Cc1cc(Cl)c2c(c1)OCO2)N1CCN(c2nccs2)CC1. The van der Waals surface area contributed by atoms with E-state index >= 15 is 0 Å². The van der Waals surface area contributed by atoms with Crippen molar-refractivity contribution in [3.63, 3.8) is 0 Å². The highest BCUT2D eigenvalue weighted by Gasteiger charge is 2.21. The maximum Gasteiger partial charge on any atom is 0.246 e. The fraction of sp³-hybridized carbons (Fsp3) is 0.294. The van der Waals surface area contributed by atoms with E-state index in [0.717, 1.165) is 23.8 Å². The number of ether oxygens (including phenoxy) is 2. The fourth-order valence-corrected chi connectivity index (χ4v) is 3.82. The van der Waals surface area contributed by atoms with E-state index in [9.17, 15) is 4.79 Å². The number of carbonyl (C=O) groups is 1. The number of thiazole rings is 1. The number of anilines is 1. The van der Waals surface area contributed by atoms with Gasteiger partial charge in [0.05, 0.1) is 5.02 Å². The van der Waals surface area contributed by atoms with Crippen LogP contribution in [0.15, 0.2) is 29.8 Å². The van der Waals surface area contributed by atoms with Crippen molar-refractivity contribution in [1.29, 1.82) is 0 Å². The van der Waals surface area contributed by atoms with E-state index in [0.29, 0.717) is 29.6 Å². The zero-order valence-corrected chi connectivity index (χ0v) is 14.9. The fourth-order valence-electron chi connectivity index (χ4n) is 2.85.